The third-order valence-electron chi connectivity index (χ3n) is 2.91. The fourth-order valence-electron chi connectivity index (χ4n) is 1.84. The number of carbonyl (C=O) groups is 1. The number of rotatable bonds is 7. The van der Waals surface area contributed by atoms with Crippen molar-refractivity contribution in [3.05, 3.63) is 48.2 Å². The maximum atomic E-state index is 11.8. The summed E-state index contributed by atoms with van der Waals surface area (Å²) in [5.74, 6) is -0.128. The van der Waals surface area contributed by atoms with Crippen LogP contribution in [0.25, 0.3) is 0 Å². The van der Waals surface area contributed by atoms with E-state index in [2.05, 4.69) is 15.0 Å². The number of amides is 1. The van der Waals surface area contributed by atoms with Gasteiger partial charge in [0.05, 0.1) is 11.8 Å². The van der Waals surface area contributed by atoms with Crippen LogP contribution >= 0.6 is 11.8 Å². The van der Waals surface area contributed by atoms with E-state index >= 15 is 0 Å². The van der Waals surface area contributed by atoms with E-state index in [1.807, 2.05) is 19.1 Å². The van der Waals surface area contributed by atoms with Gasteiger partial charge >= 0.3 is 0 Å². The summed E-state index contributed by atoms with van der Waals surface area (Å²) in [5, 5.41) is 3.56. The number of sulfonamides is 1. The molecule has 8 heteroatoms. The fourth-order valence-corrected chi connectivity index (χ4v) is 3.16. The van der Waals surface area contributed by atoms with Crippen LogP contribution in [-0.4, -0.2) is 32.1 Å². The maximum Gasteiger partial charge on any atom is 0.252 e. The highest BCUT2D eigenvalue weighted by Gasteiger charge is 2.06. The average molecular weight is 365 g/mol. The second-order valence-electron chi connectivity index (χ2n) is 5.14. The summed E-state index contributed by atoms with van der Waals surface area (Å²) in [5.41, 5.74) is 1.04. The highest BCUT2D eigenvalue weighted by Crippen LogP contribution is 2.27. The van der Waals surface area contributed by atoms with Gasteiger partial charge in [0.15, 0.2) is 0 Å². The zero-order valence-corrected chi connectivity index (χ0v) is 15.1. The Hall–Kier alpha value is -2.06. The smallest absolute Gasteiger partial charge is 0.252 e. The molecule has 0 atom stereocenters. The third kappa shape index (κ3) is 5.86. The molecule has 0 fully saturated rings. The minimum Gasteiger partial charge on any atom is -0.352 e. The van der Waals surface area contributed by atoms with Gasteiger partial charge in [0.2, 0.25) is 10.0 Å². The number of aromatic nitrogens is 1. The van der Waals surface area contributed by atoms with E-state index in [0.29, 0.717) is 17.8 Å². The van der Waals surface area contributed by atoms with Crippen LogP contribution in [-0.2, 0) is 10.0 Å². The number of nitrogens with zero attached hydrogens (tertiary/aromatic N) is 1. The standard InChI is InChI=1S/C16H19N3O3S2/c1-3-10-17-16(20)12-4-9-15(18-11-12)23-14-7-5-13(6-8-14)19-24(2,21)22/h4-9,11,19H,3,10H2,1-2H3,(H,17,20). The Morgan fingerprint density at radius 1 is 1.17 bits per heavy atom. The number of anilines is 1. The molecule has 0 radical (unpaired) electrons. The minimum absolute atomic E-state index is 0.128. The molecule has 2 rings (SSSR count). The van der Waals surface area contributed by atoms with E-state index < -0.39 is 10.0 Å². The van der Waals surface area contributed by atoms with Gasteiger partial charge in [0.25, 0.3) is 5.91 Å². The highest BCUT2D eigenvalue weighted by molar-refractivity contribution is 7.99. The minimum atomic E-state index is -3.28. The molecular formula is C16H19N3O3S2. The summed E-state index contributed by atoms with van der Waals surface area (Å²) in [6.07, 6.45) is 3.54. The molecule has 1 heterocycles. The molecule has 1 aromatic carbocycles. The molecule has 0 saturated carbocycles. The van der Waals surface area contributed by atoms with Crippen molar-refractivity contribution < 1.29 is 13.2 Å². The van der Waals surface area contributed by atoms with Crippen molar-refractivity contribution in [1.29, 1.82) is 0 Å². The largest absolute Gasteiger partial charge is 0.352 e. The Kier molecular flexibility index (Phi) is 6.22. The zero-order valence-electron chi connectivity index (χ0n) is 13.4. The van der Waals surface area contributed by atoms with Gasteiger partial charge in [-0.05, 0) is 42.8 Å². The van der Waals surface area contributed by atoms with E-state index in [9.17, 15) is 13.2 Å². The quantitative estimate of drug-likeness (QED) is 0.788. The maximum absolute atomic E-state index is 11.8. The van der Waals surface area contributed by atoms with Crippen molar-refractivity contribution in [2.45, 2.75) is 23.3 Å². The van der Waals surface area contributed by atoms with Crippen molar-refractivity contribution in [3.63, 3.8) is 0 Å². The van der Waals surface area contributed by atoms with Crippen LogP contribution in [0.5, 0.6) is 0 Å². The Balaban J connectivity index is 1.99. The molecule has 2 N–H and O–H groups in total. The molecule has 1 aromatic heterocycles. The van der Waals surface area contributed by atoms with Crippen LogP contribution in [0, 0.1) is 0 Å². The van der Waals surface area contributed by atoms with Crippen LogP contribution in [0.15, 0.2) is 52.5 Å². The van der Waals surface area contributed by atoms with Crippen LogP contribution < -0.4 is 10.0 Å². The molecule has 0 bridgehead atoms. The molecule has 0 unspecified atom stereocenters. The first kappa shape index (κ1) is 18.3. The molecule has 1 amide bonds. The molecule has 0 aliphatic heterocycles. The Bertz CT molecular complexity index is 788. The summed E-state index contributed by atoms with van der Waals surface area (Å²) < 4.78 is 24.8. The topological polar surface area (TPSA) is 88.2 Å². The lowest BCUT2D eigenvalue weighted by Crippen LogP contribution is -2.23. The lowest BCUT2D eigenvalue weighted by atomic mass is 10.2. The van der Waals surface area contributed by atoms with Gasteiger partial charge in [-0.15, -0.1) is 0 Å². The molecule has 0 spiro atoms. The van der Waals surface area contributed by atoms with Crippen LogP contribution in [0.2, 0.25) is 0 Å². The summed E-state index contributed by atoms with van der Waals surface area (Å²) in [4.78, 5) is 17.0. The van der Waals surface area contributed by atoms with Gasteiger partial charge in [-0.25, -0.2) is 13.4 Å². The van der Waals surface area contributed by atoms with Gasteiger partial charge in [0.1, 0.15) is 5.03 Å². The van der Waals surface area contributed by atoms with Crippen molar-refractivity contribution in [3.8, 4) is 0 Å². The van der Waals surface area contributed by atoms with Crippen LogP contribution in [0.4, 0.5) is 5.69 Å². The summed E-state index contributed by atoms with van der Waals surface area (Å²) in [6, 6.07) is 10.5. The summed E-state index contributed by atoms with van der Waals surface area (Å²) in [7, 11) is -3.28. The molecule has 0 saturated heterocycles. The normalized spacial score (nSPS) is 11.1. The van der Waals surface area contributed by atoms with E-state index in [1.165, 1.54) is 11.8 Å². The van der Waals surface area contributed by atoms with Crippen molar-refractivity contribution >= 4 is 33.4 Å². The number of carbonyl (C=O) groups excluding carboxylic acids is 1. The van der Waals surface area contributed by atoms with Gasteiger partial charge in [-0.1, -0.05) is 18.7 Å². The molecule has 0 aliphatic rings. The number of nitrogens with one attached hydrogen (secondary N) is 2. The highest BCUT2D eigenvalue weighted by atomic mass is 32.2. The molecular weight excluding hydrogens is 346 g/mol. The number of benzene rings is 1. The van der Waals surface area contributed by atoms with Crippen LogP contribution in [0.1, 0.15) is 23.7 Å². The predicted molar refractivity (Wildman–Crippen MR) is 95.9 cm³/mol. The molecule has 2 aromatic rings. The van der Waals surface area contributed by atoms with Crippen molar-refractivity contribution in [2.24, 2.45) is 0 Å². The van der Waals surface area contributed by atoms with E-state index in [4.69, 9.17) is 0 Å². The molecule has 0 aliphatic carbocycles. The van der Waals surface area contributed by atoms with Crippen LogP contribution in [0.3, 0.4) is 0 Å². The first-order valence-corrected chi connectivity index (χ1v) is 10.1. The van der Waals surface area contributed by atoms with Gasteiger partial charge in [0, 0.05) is 23.3 Å². The monoisotopic (exact) mass is 365 g/mol. The average Bonchev–Trinajstić information content (AvgIpc) is 2.54. The van der Waals surface area contributed by atoms with E-state index in [0.717, 1.165) is 22.6 Å². The SMILES string of the molecule is CCCNC(=O)c1ccc(Sc2ccc(NS(C)(=O)=O)cc2)nc1. The van der Waals surface area contributed by atoms with Crippen molar-refractivity contribution in [2.75, 3.05) is 17.5 Å². The summed E-state index contributed by atoms with van der Waals surface area (Å²) in [6.45, 7) is 2.64. The molecule has 24 heavy (non-hydrogen) atoms. The Labute approximate surface area is 146 Å². The van der Waals surface area contributed by atoms with Gasteiger partial charge < -0.3 is 5.32 Å². The molecule has 6 nitrogen and oxygen atoms in total. The summed E-state index contributed by atoms with van der Waals surface area (Å²) >= 11 is 1.43. The van der Waals surface area contributed by atoms with E-state index in [-0.39, 0.29) is 5.91 Å². The first-order chi connectivity index (χ1) is 11.4. The molecule has 128 valence electrons. The second kappa shape index (κ2) is 8.16. The second-order valence-corrected chi connectivity index (χ2v) is 7.98. The Morgan fingerprint density at radius 2 is 1.88 bits per heavy atom. The number of hydrogen-bond donors (Lipinski definition) is 2. The number of hydrogen-bond acceptors (Lipinski definition) is 5. The number of pyridine rings is 1. The Morgan fingerprint density at radius 3 is 2.42 bits per heavy atom. The fraction of sp³-hybridized carbons (Fsp3) is 0.250. The first-order valence-electron chi connectivity index (χ1n) is 7.37. The van der Waals surface area contributed by atoms with Gasteiger partial charge in [-0.2, -0.15) is 0 Å². The zero-order chi connectivity index (χ0) is 17.6. The van der Waals surface area contributed by atoms with E-state index in [1.54, 1.807) is 30.5 Å². The predicted octanol–water partition coefficient (Wildman–Crippen LogP) is 2.74. The van der Waals surface area contributed by atoms with Gasteiger partial charge in [-0.3, -0.25) is 9.52 Å². The lowest BCUT2D eigenvalue weighted by Gasteiger charge is -2.06. The third-order valence-corrected chi connectivity index (χ3v) is 4.48. The van der Waals surface area contributed by atoms with Crippen molar-refractivity contribution in [1.82, 2.24) is 10.3 Å². The lowest BCUT2D eigenvalue weighted by molar-refractivity contribution is 0.0953.